The minimum absolute atomic E-state index is 0.311. The second-order valence-electron chi connectivity index (χ2n) is 7.02. The first-order chi connectivity index (χ1) is 9.85. The molecule has 1 spiro atoms. The smallest absolute Gasteiger partial charge is 0.123 e. The molecule has 0 amide bonds. The van der Waals surface area contributed by atoms with Crippen LogP contribution >= 0.6 is 0 Å². The molecule has 4 aliphatic rings. The summed E-state index contributed by atoms with van der Waals surface area (Å²) in [4.78, 5) is 2.66. The largest absolute Gasteiger partial charge is 0.492 e. The second-order valence-corrected chi connectivity index (χ2v) is 7.02. The number of nitrogens with zero attached hydrogens (tertiary/aromatic N) is 1. The number of hydrogen-bond donors (Lipinski definition) is 1. The summed E-state index contributed by atoms with van der Waals surface area (Å²) >= 11 is 0. The molecule has 2 saturated heterocycles. The molecule has 4 aliphatic heterocycles. The van der Waals surface area contributed by atoms with Gasteiger partial charge in [-0.25, -0.2) is 0 Å². The van der Waals surface area contributed by atoms with Gasteiger partial charge in [0.2, 0.25) is 0 Å². The van der Waals surface area contributed by atoms with Crippen LogP contribution in [0.4, 0.5) is 5.69 Å². The Labute approximate surface area is 120 Å². The van der Waals surface area contributed by atoms with Crippen molar-refractivity contribution in [2.24, 2.45) is 5.92 Å². The van der Waals surface area contributed by atoms with Gasteiger partial charge in [-0.3, -0.25) is 0 Å². The first kappa shape index (κ1) is 11.4. The van der Waals surface area contributed by atoms with Crippen LogP contribution in [-0.4, -0.2) is 37.7 Å². The summed E-state index contributed by atoms with van der Waals surface area (Å²) in [7, 11) is 0. The average Bonchev–Trinajstić information content (AvgIpc) is 3.07. The van der Waals surface area contributed by atoms with E-state index in [9.17, 15) is 0 Å². The molecule has 3 nitrogen and oxygen atoms in total. The Hall–Kier alpha value is -1.22. The Balaban J connectivity index is 1.61. The van der Waals surface area contributed by atoms with E-state index in [1.165, 1.54) is 61.5 Å². The van der Waals surface area contributed by atoms with Crippen LogP contribution in [0.5, 0.6) is 5.75 Å². The van der Waals surface area contributed by atoms with Crippen molar-refractivity contribution in [3.05, 3.63) is 23.3 Å². The van der Waals surface area contributed by atoms with Crippen molar-refractivity contribution in [1.82, 2.24) is 4.90 Å². The maximum Gasteiger partial charge on any atom is 0.123 e. The lowest BCUT2D eigenvalue weighted by Crippen LogP contribution is -2.53. The van der Waals surface area contributed by atoms with Gasteiger partial charge in [-0.1, -0.05) is 0 Å². The number of ether oxygens (including phenoxy) is 1. The van der Waals surface area contributed by atoms with Gasteiger partial charge < -0.3 is 15.0 Å². The van der Waals surface area contributed by atoms with E-state index < -0.39 is 0 Å². The van der Waals surface area contributed by atoms with Gasteiger partial charge in [-0.05, 0) is 62.4 Å². The van der Waals surface area contributed by atoms with E-state index >= 15 is 0 Å². The normalized spacial score (nSPS) is 37.2. The van der Waals surface area contributed by atoms with E-state index in [1.54, 1.807) is 0 Å². The van der Waals surface area contributed by atoms with E-state index in [0.29, 0.717) is 5.41 Å². The van der Waals surface area contributed by atoms with Crippen LogP contribution in [0.2, 0.25) is 0 Å². The van der Waals surface area contributed by atoms with E-state index in [4.69, 9.17) is 4.74 Å². The summed E-state index contributed by atoms with van der Waals surface area (Å²) in [6, 6.07) is 4.74. The van der Waals surface area contributed by atoms with Crippen molar-refractivity contribution in [2.75, 3.05) is 38.1 Å². The Morgan fingerprint density at radius 1 is 1.30 bits per heavy atom. The van der Waals surface area contributed by atoms with Crippen molar-refractivity contribution < 1.29 is 4.74 Å². The van der Waals surface area contributed by atoms with Crippen LogP contribution in [0, 0.1) is 5.92 Å². The quantitative estimate of drug-likeness (QED) is 0.783. The lowest BCUT2D eigenvalue weighted by atomic mass is 9.64. The van der Waals surface area contributed by atoms with Crippen LogP contribution in [0.15, 0.2) is 12.1 Å². The molecule has 0 aliphatic carbocycles. The highest BCUT2D eigenvalue weighted by atomic mass is 16.5. The van der Waals surface area contributed by atoms with Crippen LogP contribution in [0.25, 0.3) is 0 Å². The van der Waals surface area contributed by atoms with Crippen molar-refractivity contribution in [3.63, 3.8) is 0 Å². The molecule has 2 fully saturated rings. The number of fused-ring (bicyclic) bond motifs is 6. The summed E-state index contributed by atoms with van der Waals surface area (Å²) in [5.41, 5.74) is 4.64. The van der Waals surface area contributed by atoms with Crippen LogP contribution in [0.3, 0.4) is 0 Å². The van der Waals surface area contributed by atoms with E-state index in [0.717, 1.165) is 25.5 Å². The molecule has 1 aromatic carbocycles. The molecule has 3 unspecified atom stereocenters. The van der Waals surface area contributed by atoms with Gasteiger partial charge in [-0.15, -0.1) is 0 Å². The lowest BCUT2D eigenvalue weighted by molar-refractivity contribution is 0.0371. The predicted molar refractivity (Wildman–Crippen MR) is 79.6 cm³/mol. The fourth-order valence-corrected chi connectivity index (χ4v) is 4.93. The fourth-order valence-electron chi connectivity index (χ4n) is 4.93. The zero-order valence-corrected chi connectivity index (χ0v) is 12.0. The van der Waals surface area contributed by atoms with Gasteiger partial charge in [0, 0.05) is 29.8 Å². The first-order valence-corrected chi connectivity index (χ1v) is 8.12. The van der Waals surface area contributed by atoms with E-state index in [2.05, 4.69) is 22.3 Å². The van der Waals surface area contributed by atoms with Crippen molar-refractivity contribution in [2.45, 2.75) is 31.1 Å². The van der Waals surface area contributed by atoms with Crippen LogP contribution in [0.1, 0.15) is 30.4 Å². The minimum Gasteiger partial charge on any atom is -0.492 e. The third-order valence-corrected chi connectivity index (χ3v) is 6.10. The molecule has 106 valence electrons. The molecular formula is C17H22N2O. The molecule has 1 N–H and O–H groups in total. The third-order valence-electron chi connectivity index (χ3n) is 6.10. The fraction of sp³-hybridized carbons (Fsp3) is 0.647. The zero-order valence-electron chi connectivity index (χ0n) is 12.0. The first-order valence-electron chi connectivity index (χ1n) is 8.12. The maximum atomic E-state index is 6.16. The third kappa shape index (κ3) is 1.39. The molecule has 0 aromatic heterocycles. The van der Waals surface area contributed by atoms with Gasteiger partial charge in [0.1, 0.15) is 5.75 Å². The van der Waals surface area contributed by atoms with E-state index in [-0.39, 0.29) is 0 Å². The highest BCUT2D eigenvalue weighted by Crippen LogP contribution is 2.52. The Morgan fingerprint density at radius 2 is 2.30 bits per heavy atom. The van der Waals surface area contributed by atoms with Gasteiger partial charge in [0.15, 0.2) is 0 Å². The average molecular weight is 270 g/mol. The van der Waals surface area contributed by atoms with E-state index in [1.807, 2.05) is 0 Å². The topological polar surface area (TPSA) is 24.5 Å². The summed E-state index contributed by atoms with van der Waals surface area (Å²) in [5, 5.41) is 3.54. The number of piperidine rings is 2. The standard InChI is InChI=1S/C17H22N2O/c1-2-13-10-19(6-1)7-4-17(13)11-20-16-8-12-3-5-18-15(12)9-14(16)17/h8-9,13,18H,1-7,10-11H2. The zero-order chi connectivity index (χ0) is 13.2. The van der Waals surface area contributed by atoms with Gasteiger partial charge in [0.25, 0.3) is 0 Å². The second kappa shape index (κ2) is 3.91. The summed E-state index contributed by atoms with van der Waals surface area (Å²) in [5.74, 6) is 1.98. The van der Waals surface area contributed by atoms with Crippen molar-refractivity contribution >= 4 is 5.69 Å². The molecule has 0 saturated carbocycles. The Morgan fingerprint density at radius 3 is 3.30 bits per heavy atom. The number of nitrogens with one attached hydrogen (secondary N) is 1. The highest BCUT2D eigenvalue weighted by molar-refractivity contribution is 5.63. The molecule has 0 radical (unpaired) electrons. The summed E-state index contributed by atoms with van der Waals surface area (Å²) in [6.45, 7) is 5.86. The van der Waals surface area contributed by atoms with Crippen molar-refractivity contribution in [1.29, 1.82) is 0 Å². The molecule has 3 heteroatoms. The Bertz CT molecular complexity index is 570. The minimum atomic E-state index is 0.311. The summed E-state index contributed by atoms with van der Waals surface area (Å²) in [6.07, 6.45) is 5.17. The SMILES string of the molecule is c1c2c(cc3c1OCC31CCN3CCCC1C3)NCC2. The molecule has 3 atom stereocenters. The number of anilines is 1. The molecule has 2 bridgehead atoms. The Kier molecular flexibility index (Phi) is 2.24. The molecule has 4 heterocycles. The number of benzene rings is 1. The number of hydrogen-bond acceptors (Lipinski definition) is 3. The number of rotatable bonds is 0. The monoisotopic (exact) mass is 270 g/mol. The van der Waals surface area contributed by atoms with Gasteiger partial charge >= 0.3 is 0 Å². The maximum absolute atomic E-state index is 6.16. The molecule has 5 rings (SSSR count). The molecular weight excluding hydrogens is 248 g/mol. The van der Waals surface area contributed by atoms with Crippen LogP contribution in [-0.2, 0) is 11.8 Å². The van der Waals surface area contributed by atoms with Crippen LogP contribution < -0.4 is 10.1 Å². The van der Waals surface area contributed by atoms with Crippen molar-refractivity contribution in [3.8, 4) is 5.75 Å². The predicted octanol–water partition coefficient (Wildman–Crippen LogP) is 2.40. The molecule has 20 heavy (non-hydrogen) atoms. The van der Waals surface area contributed by atoms with Gasteiger partial charge in [-0.2, -0.15) is 0 Å². The molecule has 1 aromatic rings. The van der Waals surface area contributed by atoms with Gasteiger partial charge in [0.05, 0.1) is 6.61 Å². The summed E-state index contributed by atoms with van der Waals surface area (Å²) < 4.78 is 6.16. The highest BCUT2D eigenvalue weighted by Gasteiger charge is 2.50. The lowest BCUT2D eigenvalue weighted by Gasteiger charge is -2.48.